The summed E-state index contributed by atoms with van der Waals surface area (Å²) in [5, 5.41) is 2.74. The van der Waals surface area contributed by atoms with Crippen molar-refractivity contribution in [2.24, 2.45) is 0 Å². The van der Waals surface area contributed by atoms with Crippen LogP contribution in [0.25, 0.3) is 0 Å². The highest BCUT2D eigenvalue weighted by molar-refractivity contribution is 7.92. The van der Waals surface area contributed by atoms with Gasteiger partial charge in [0.1, 0.15) is 5.75 Å². The van der Waals surface area contributed by atoms with Crippen molar-refractivity contribution in [2.45, 2.75) is 25.3 Å². The first-order valence-electron chi connectivity index (χ1n) is 9.32. The molecule has 0 aliphatic carbocycles. The average Bonchev–Trinajstić information content (AvgIpc) is 2.74. The third-order valence-electron chi connectivity index (χ3n) is 4.50. The summed E-state index contributed by atoms with van der Waals surface area (Å²) in [6, 6.07) is 14.9. The minimum absolute atomic E-state index is 0.107. The first-order valence-corrected chi connectivity index (χ1v) is 10.8. The van der Waals surface area contributed by atoms with Gasteiger partial charge in [0.25, 0.3) is 15.9 Å². The van der Waals surface area contributed by atoms with Crippen molar-refractivity contribution in [3.63, 3.8) is 0 Å². The molecule has 0 radical (unpaired) electrons. The molecule has 0 saturated heterocycles. The van der Waals surface area contributed by atoms with E-state index in [1.165, 1.54) is 24.3 Å². The summed E-state index contributed by atoms with van der Waals surface area (Å²) in [6.07, 6.45) is 3.31. The van der Waals surface area contributed by atoms with Crippen LogP contribution < -0.4 is 14.8 Å². The van der Waals surface area contributed by atoms with Gasteiger partial charge in [0.15, 0.2) is 6.61 Å². The Bertz CT molecular complexity index is 1110. The lowest BCUT2D eigenvalue weighted by atomic mass is 10.1. The molecule has 7 nitrogen and oxygen atoms in total. The molecule has 0 saturated carbocycles. The maximum Gasteiger partial charge on any atom is 0.261 e. The molecule has 1 aromatic heterocycles. The SMILES string of the molecule is Cc1ccc(NS(=O)(=O)c2ccc(OCC(=O)NCc3ccncc3)cc2)cc1C. The van der Waals surface area contributed by atoms with Crippen LogP contribution in [0.5, 0.6) is 5.75 Å². The quantitative estimate of drug-likeness (QED) is 0.578. The smallest absolute Gasteiger partial charge is 0.261 e. The number of aromatic nitrogens is 1. The first kappa shape index (κ1) is 21.3. The summed E-state index contributed by atoms with van der Waals surface area (Å²) in [6.45, 7) is 4.10. The lowest BCUT2D eigenvalue weighted by Gasteiger charge is -2.11. The number of nitrogens with zero attached hydrogens (tertiary/aromatic N) is 1. The highest BCUT2D eigenvalue weighted by atomic mass is 32.2. The van der Waals surface area contributed by atoms with Crippen LogP contribution in [0.4, 0.5) is 5.69 Å². The molecule has 3 rings (SSSR count). The van der Waals surface area contributed by atoms with Crippen molar-refractivity contribution in [3.05, 3.63) is 83.7 Å². The molecule has 0 unspecified atom stereocenters. The zero-order valence-electron chi connectivity index (χ0n) is 16.8. The van der Waals surface area contributed by atoms with E-state index in [-0.39, 0.29) is 17.4 Å². The molecule has 2 aromatic carbocycles. The number of hydrogen-bond acceptors (Lipinski definition) is 5. The Morgan fingerprint density at radius 2 is 1.67 bits per heavy atom. The van der Waals surface area contributed by atoms with Gasteiger partial charge in [-0.15, -0.1) is 0 Å². The summed E-state index contributed by atoms with van der Waals surface area (Å²) in [5.74, 6) is 0.124. The van der Waals surface area contributed by atoms with Gasteiger partial charge in [0.2, 0.25) is 0 Å². The Labute approximate surface area is 176 Å². The van der Waals surface area contributed by atoms with Gasteiger partial charge < -0.3 is 10.1 Å². The molecule has 0 aliphatic rings. The minimum atomic E-state index is -3.72. The third-order valence-corrected chi connectivity index (χ3v) is 5.90. The van der Waals surface area contributed by atoms with Crippen molar-refractivity contribution in [1.29, 1.82) is 0 Å². The van der Waals surface area contributed by atoms with E-state index in [0.29, 0.717) is 18.0 Å². The standard InChI is InChI=1S/C22H23N3O4S/c1-16-3-4-19(13-17(16)2)25-30(27,28)21-7-5-20(6-8-21)29-15-22(26)24-14-18-9-11-23-12-10-18/h3-13,25H,14-15H2,1-2H3,(H,24,26). The van der Waals surface area contributed by atoms with Crippen molar-refractivity contribution >= 4 is 21.6 Å². The van der Waals surface area contributed by atoms with E-state index in [1.807, 2.05) is 32.0 Å². The van der Waals surface area contributed by atoms with Gasteiger partial charge in [-0.1, -0.05) is 6.07 Å². The molecular formula is C22H23N3O4S. The van der Waals surface area contributed by atoms with Crippen molar-refractivity contribution in [3.8, 4) is 5.75 Å². The molecule has 3 aromatic rings. The highest BCUT2D eigenvalue weighted by Crippen LogP contribution is 2.21. The molecule has 0 atom stereocenters. The summed E-state index contributed by atoms with van der Waals surface area (Å²) in [7, 11) is -3.72. The van der Waals surface area contributed by atoms with Crippen molar-refractivity contribution in [1.82, 2.24) is 10.3 Å². The Hall–Kier alpha value is -3.39. The van der Waals surface area contributed by atoms with Gasteiger partial charge in [-0.25, -0.2) is 8.42 Å². The predicted octanol–water partition coefficient (Wildman–Crippen LogP) is 3.19. The number of aryl methyl sites for hydroxylation is 2. The largest absolute Gasteiger partial charge is 0.484 e. The van der Waals surface area contributed by atoms with Crippen molar-refractivity contribution in [2.75, 3.05) is 11.3 Å². The fourth-order valence-electron chi connectivity index (χ4n) is 2.64. The summed E-state index contributed by atoms with van der Waals surface area (Å²) in [5.41, 5.74) is 3.53. The zero-order valence-corrected chi connectivity index (χ0v) is 17.6. The molecule has 1 heterocycles. The number of hydrogen-bond donors (Lipinski definition) is 2. The van der Waals surface area contributed by atoms with Crippen LogP contribution in [0.3, 0.4) is 0 Å². The van der Waals surface area contributed by atoms with Crippen LogP contribution in [-0.4, -0.2) is 25.9 Å². The Balaban J connectivity index is 1.54. The van der Waals surface area contributed by atoms with Crippen LogP contribution in [0, 0.1) is 13.8 Å². The summed E-state index contributed by atoms with van der Waals surface area (Å²) >= 11 is 0. The zero-order chi connectivity index (χ0) is 21.6. The predicted molar refractivity (Wildman–Crippen MR) is 115 cm³/mol. The van der Waals surface area contributed by atoms with E-state index in [0.717, 1.165) is 16.7 Å². The van der Waals surface area contributed by atoms with E-state index in [2.05, 4.69) is 15.0 Å². The number of nitrogens with one attached hydrogen (secondary N) is 2. The van der Waals surface area contributed by atoms with Crippen LogP contribution in [0.2, 0.25) is 0 Å². The Morgan fingerprint density at radius 1 is 0.967 bits per heavy atom. The average molecular weight is 426 g/mol. The number of amides is 1. The van der Waals surface area contributed by atoms with Gasteiger partial charge in [0, 0.05) is 24.6 Å². The second-order valence-electron chi connectivity index (χ2n) is 6.80. The van der Waals surface area contributed by atoms with E-state index >= 15 is 0 Å². The number of anilines is 1. The highest BCUT2D eigenvalue weighted by Gasteiger charge is 2.15. The van der Waals surface area contributed by atoms with Gasteiger partial charge in [-0.05, 0) is 79.1 Å². The summed E-state index contributed by atoms with van der Waals surface area (Å²) < 4.78 is 33.1. The number of carbonyl (C=O) groups excluding carboxylic acids is 1. The van der Waals surface area contributed by atoms with Gasteiger partial charge in [0.05, 0.1) is 4.90 Å². The Kier molecular flexibility index (Phi) is 6.68. The first-order chi connectivity index (χ1) is 14.3. The molecular weight excluding hydrogens is 402 g/mol. The lowest BCUT2D eigenvalue weighted by Crippen LogP contribution is -2.28. The maximum absolute atomic E-state index is 12.6. The molecule has 1 amide bonds. The maximum atomic E-state index is 12.6. The lowest BCUT2D eigenvalue weighted by molar-refractivity contribution is -0.123. The summed E-state index contributed by atoms with van der Waals surface area (Å²) in [4.78, 5) is 15.9. The van der Waals surface area contributed by atoms with E-state index in [1.54, 1.807) is 24.5 Å². The molecule has 156 valence electrons. The van der Waals surface area contributed by atoms with Crippen LogP contribution in [0.15, 0.2) is 71.9 Å². The van der Waals surface area contributed by atoms with Gasteiger partial charge in [-0.2, -0.15) is 0 Å². The van der Waals surface area contributed by atoms with Crippen LogP contribution in [-0.2, 0) is 21.4 Å². The molecule has 0 spiro atoms. The number of sulfonamides is 1. The molecule has 2 N–H and O–H groups in total. The number of pyridine rings is 1. The van der Waals surface area contributed by atoms with Gasteiger partial charge in [-0.3, -0.25) is 14.5 Å². The number of ether oxygens (including phenoxy) is 1. The molecule has 0 aliphatic heterocycles. The fourth-order valence-corrected chi connectivity index (χ4v) is 3.68. The minimum Gasteiger partial charge on any atom is -0.484 e. The second kappa shape index (κ2) is 9.41. The van der Waals surface area contributed by atoms with E-state index in [9.17, 15) is 13.2 Å². The monoisotopic (exact) mass is 425 g/mol. The number of rotatable bonds is 8. The number of benzene rings is 2. The van der Waals surface area contributed by atoms with E-state index < -0.39 is 10.0 Å². The third kappa shape index (κ3) is 5.81. The topological polar surface area (TPSA) is 97.4 Å². The number of carbonyl (C=O) groups is 1. The molecule has 30 heavy (non-hydrogen) atoms. The van der Waals surface area contributed by atoms with E-state index in [4.69, 9.17) is 4.74 Å². The normalized spacial score (nSPS) is 11.0. The van der Waals surface area contributed by atoms with Gasteiger partial charge >= 0.3 is 0 Å². The molecule has 0 bridgehead atoms. The van der Waals surface area contributed by atoms with Crippen LogP contribution in [0.1, 0.15) is 16.7 Å². The van der Waals surface area contributed by atoms with Crippen LogP contribution >= 0.6 is 0 Å². The van der Waals surface area contributed by atoms with Crippen molar-refractivity contribution < 1.29 is 17.9 Å². The molecule has 8 heteroatoms. The second-order valence-corrected chi connectivity index (χ2v) is 8.48. The molecule has 0 fully saturated rings. The fraction of sp³-hybridized carbons (Fsp3) is 0.182. The Morgan fingerprint density at radius 3 is 2.33 bits per heavy atom.